The first-order valence-electron chi connectivity index (χ1n) is 5.98. The van der Waals surface area contributed by atoms with Gasteiger partial charge in [0.25, 0.3) is 5.91 Å². The molecular weight excluding hydrogens is 244 g/mol. The minimum Gasteiger partial charge on any atom is -0.508 e. The van der Waals surface area contributed by atoms with Gasteiger partial charge in [0, 0.05) is 5.56 Å². The van der Waals surface area contributed by atoms with Crippen molar-refractivity contribution < 1.29 is 14.3 Å². The van der Waals surface area contributed by atoms with Crippen LogP contribution in [0.2, 0.25) is 0 Å². The molecular formula is C14H16N2O3. The van der Waals surface area contributed by atoms with Crippen LogP contribution in [0, 0.1) is 20.8 Å². The summed E-state index contributed by atoms with van der Waals surface area (Å²) in [6.07, 6.45) is 0. The van der Waals surface area contributed by atoms with Crippen molar-refractivity contribution in [2.24, 2.45) is 0 Å². The summed E-state index contributed by atoms with van der Waals surface area (Å²) in [6, 6.07) is 4.71. The number of aryl methyl sites for hydroxylation is 3. The molecule has 0 aliphatic rings. The number of phenols is 1. The van der Waals surface area contributed by atoms with Gasteiger partial charge in [-0.15, -0.1) is 0 Å². The van der Waals surface area contributed by atoms with E-state index in [1.165, 1.54) is 6.07 Å². The van der Waals surface area contributed by atoms with E-state index in [9.17, 15) is 9.90 Å². The van der Waals surface area contributed by atoms with Crippen molar-refractivity contribution in [2.45, 2.75) is 27.3 Å². The predicted octanol–water partition coefficient (Wildman–Crippen LogP) is 2.24. The number of nitrogens with one attached hydrogen (secondary N) is 1. The van der Waals surface area contributed by atoms with Crippen LogP contribution in [0.3, 0.4) is 0 Å². The van der Waals surface area contributed by atoms with E-state index in [0.29, 0.717) is 17.0 Å². The van der Waals surface area contributed by atoms with E-state index in [2.05, 4.69) is 10.3 Å². The average Bonchev–Trinajstić information content (AvgIpc) is 2.69. The molecule has 1 heterocycles. The molecule has 0 unspecified atom stereocenters. The second-order valence-corrected chi connectivity index (χ2v) is 4.43. The molecule has 0 fully saturated rings. The number of aromatic nitrogens is 1. The number of benzene rings is 1. The standard InChI is InChI=1S/C14H16N2O3/c1-8-6-11(4-5-12(8)17)14(18)15-7-13-16-9(2)10(3)19-13/h4-6,17H,7H2,1-3H3,(H,15,18). The van der Waals surface area contributed by atoms with Crippen LogP contribution in [0.25, 0.3) is 0 Å². The van der Waals surface area contributed by atoms with E-state index in [1.54, 1.807) is 19.1 Å². The molecule has 2 rings (SSSR count). The van der Waals surface area contributed by atoms with Crippen LogP contribution in [0.1, 0.15) is 33.3 Å². The van der Waals surface area contributed by atoms with Crippen LogP contribution in [-0.4, -0.2) is 16.0 Å². The smallest absolute Gasteiger partial charge is 0.251 e. The van der Waals surface area contributed by atoms with Crippen molar-refractivity contribution in [2.75, 3.05) is 0 Å². The molecule has 2 aromatic rings. The van der Waals surface area contributed by atoms with Gasteiger partial charge in [0.2, 0.25) is 5.89 Å². The molecule has 2 N–H and O–H groups in total. The Bertz CT molecular complexity index is 598. The third kappa shape index (κ3) is 2.93. The van der Waals surface area contributed by atoms with Gasteiger partial charge < -0.3 is 14.8 Å². The topological polar surface area (TPSA) is 75.4 Å². The summed E-state index contributed by atoms with van der Waals surface area (Å²) in [6.45, 7) is 5.67. The normalized spacial score (nSPS) is 10.5. The molecule has 0 saturated carbocycles. The van der Waals surface area contributed by atoms with Crippen molar-refractivity contribution in [3.8, 4) is 5.75 Å². The maximum Gasteiger partial charge on any atom is 0.251 e. The molecule has 100 valence electrons. The Morgan fingerprint density at radius 2 is 2.11 bits per heavy atom. The second kappa shape index (κ2) is 5.14. The zero-order chi connectivity index (χ0) is 14.0. The molecule has 0 aliphatic heterocycles. The van der Waals surface area contributed by atoms with E-state index in [-0.39, 0.29) is 18.2 Å². The quantitative estimate of drug-likeness (QED) is 0.887. The number of carbonyl (C=O) groups excluding carboxylic acids is 1. The van der Waals surface area contributed by atoms with Gasteiger partial charge in [-0.1, -0.05) is 0 Å². The van der Waals surface area contributed by atoms with Crippen LogP contribution >= 0.6 is 0 Å². The maximum absolute atomic E-state index is 11.9. The molecule has 1 aromatic heterocycles. The van der Waals surface area contributed by atoms with Crippen LogP contribution in [0.15, 0.2) is 22.6 Å². The fourth-order valence-corrected chi connectivity index (χ4v) is 1.67. The highest BCUT2D eigenvalue weighted by molar-refractivity contribution is 5.94. The van der Waals surface area contributed by atoms with Gasteiger partial charge >= 0.3 is 0 Å². The monoisotopic (exact) mass is 260 g/mol. The predicted molar refractivity (Wildman–Crippen MR) is 70.0 cm³/mol. The highest BCUT2D eigenvalue weighted by Gasteiger charge is 2.10. The van der Waals surface area contributed by atoms with Gasteiger partial charge in [-0.3, -0.25) is 4.79 Å². The Labute approximate surface area is 111 Å². The number of rotatable bonds is 3. The summed E-state index contributed by atoms with van der Waals surface area (Å²) < 4.78 is 5.38. The van der Waals surface area contributed by atoms with Gasteiger partial charge in [-0.2, -0.15) is 0 Å². The van der Waals surface area contributed by atoms with Crippen LogP contribution < -0.4 is 5.32 Å². The highest BCUT2D eigenvalue weighted by Crippen LogP contribution is 2.17. The first-order valence-corrected chi connectivity index (χ1v) is 5.98. The van der Waals surface area contributed by atoms with Crippen molar-refractivity contribution in [3.63, 3.8) is 0 Å². The largest absolute Gasteiger partial charge is 0.508 e. The molecule has 0 spiro atoms. The maximum atomic E-state index is 11.9. The minimum atomic E-state index is -0.225. The van der Waals surface area contributed by atoms with E-state index in [4.69, 9.17) is 4.42 Å². The number of aromatic hydroxyl groups is 1. The molecule has 0 saturated heterocycles. The molecule has 1 amide bonds. The van der Waals surface area contributed by atoms with Crippen LogP contribution in [0.4, 0.5) is 0 Å². The van der Waals surface area contributed by atoms with Crippen LogP contribution in [0.5, 0.6) is 5.75 Å². The summed E-state index contributed by atoms with van der Waals surface area (Å²) in [7, 11) is 0. The molecule has 0 bridgehead atoms. The van der Waals surface area contributed by atoms with Crippen molar-refractivity contribution in [1.82, 2.24) is 10.3 Å². The zero-order valence-electron chi connectivity index (χ0n) is 11.2. The lowest BCUT2D eigenvalue weighted by Gasteiger charge is -2.04. The molecule has 5 heteroatoms. The van der Waals surface area contributed by atoms with E-state index < -0.39 is 0 Å². The lowest BCUT2D eigenvalue weighted by Crippen LogP contribution is -2.23. The van der Waals surface area contributed by atoms with Gasteiger partial charge in [0.1, 0.15) is 11.5 Å². The van der Waals surface area contributed by atoms with Gasteiger partial charge in [-0.05, 0) is 44.5 Å². The first-order chi connectivity index (χ1) is 8.97. The molecule has 0 radical (unpaired) electrons. The lowest BCUT2D eigenvalue weighted by atomic mass is 10.1. The summed E-state index contributed by atoms with van der Waals surface area (Å²) in [5.41, 5.74) is 1.98. The summed E-state index contributed by atoms with van der Waals surface area (Å²) >= 11 is 0. The third-order valence-electron chi connectivity index (χ3n) is 2.93. The minimum absolute atomic E-state index is 0.176. The number of phenolic OH excluding ortho intramolecular Hbond substituents is 1. The summed E-state index contributed by atoms with van der Waals surface area (Å²) in [5.74, 6) is 1.19. The fraction of sp³-hybridized carbons (Fsp3) is 0.286. The number of amides is 1. The molecule has 0 atom stereocenters. The Balaban J connectivity index is 2.03. The number of carbonyl (C=O) groups is 1. The number of nitrogens with zero attached hydrogens (tertiary/aromatic N) is 1. The second-order valence-electron chi connectivity index (χ2n) is 4.43. The zero-order valence-corrected chi connectivity index (χ0v) is 11.2. The Morgan fingerprint density at radius 1 is 1.37 bits per heavy atom. The molecule has 19 heavy (non-hydrogen) atoms. The fourth-order valence-electron chi connectivity index (χ4n) is 1.67. The average molecular weight is 260 g/mol. The van der Waals surface area contributed by atoms with E-state index in [0.717, 1.165) is 11.5 Å². The first kappa shape index (κ1) is 13.1. The van der Waals surface area contributed by atoms with Crippen molar-refractivity contribution in [3.05, 3.63) is 46.7 Å². The highest BCUT2D eigenvalue weighted by atomic mass is 16.4. The number of oxazole rings is 1. The Hall–Kier alpha value is -2.30. The van der Waals surface area contributed by atoms with Crippen LogP contribution in [-0.2, 0) is 6.54 Å². The van der Waals surface area contributed by atoms with Gasteiger partial charge in [0.05, 0.1) is 12.2 Å². The van der Waals surface area contributed by atoms with Gasteiger partial charge in [0.15, 0.2) is 0 Å². The third-order valence-corrected chi connectivity index (χ3v) is 2.93. The molecule has 0 aliphatic carbocycles. The lowest BCUT2D eigenvalue weighted by molar-refractivity contribution is 0.0947. The summed E-state index contributed by atoms with van der Waals surface area (Å²) in [4.78, 5) is 16.1. The SMILES string of the molecule is Cc1cc(C(=O)NCc2nc(C)c(C)o2)ccc1O. The van der Waals surface area contributed by atoms with E-state index in [1.807, 2.05) is 13.8 Å². The Morgan fingerprint density at radius 3 is 2.68 bits per heavy atom. The Kier molecular flexibility index (Phi) is 3.55. The van der Waals surface area contributed by atoms with Crippen molar-refractivity contribution in [1.29, 1.82) is 0 Å². The van der Waals surface area contributed by atoms with Gasteiger partial charge in [-0.25, -0.2) is 4.98 Å². The molecule has 1 aromatic carbocycles. The summed E-state index contributed by atoms with van der Waals surface area (Å²) in [5, 5.41) is 12.1. The van der Waals surface area contributed by atoms with E-state index >= 15 is 0 Å². The number of hydrogen-bond acceptors (Lipinski definition) is 4. The number of hydrogen-bond donors (Lipinski definition) is 2. The molecule has 5 nitrogen and oxygen atoms in total. The van der Waals surface area contributed by atoms with Crippen molar-refractivity contribution >= 4 is 5.91 Å².